The SMILES string of the molecule is Cc1cc(CN(C)C2(CN)CCCCC2)n(C)n1. The molecule has 0 saturated heterocycles. The lowest BCUT2D eigenvalue weighted by Gasteiger charge is -2.44. The molecular formula is C14H26N4. The predicted molar refractivity (Wildman–Crippen MR) is 74.3 cm³/mol. The van der Waals surface area contributed by atoms with Crippen LogP contribution in [0.3, 0.4) is 0 Å². The van der Waals surface area contributed by atoms with Crippen LogP contribution in [0.4, 0.5) is 0 Å². The van der Waals surface area contributed by atoms with Gasteiger partial charge in [-0.2, -0.15) is 5.10 Å². The second-order valence-electron chi connectivity index (χ2n) is 5.75. The molecule has 0 spiro atoms. The Morgan fingerprint density at radius 3 is 2.56 bits per heavy atom. The third-order valence-electron chi connectivity index (χ3n) is 4.47. The lowest BCUT2D eigenvalue weighted by molar-refractivity contribution is 0.0737. The Morgan fingerprint density at radius 2 is 2.06 bits per heavy atom. The van der Waals surface area contributed by atoms with Gasteiger partial charge in [0, 0.05) is 25.7 Å². The van der Waals surface area contributed by atoms with Gasteiger partial charge in [0.2, 0.25) is 0 Å². The lowest BCUT2D eigenvalue weighted by atomic mass is 9.80. The summed E-state index contributed by atoms with van der Waals surface area (Å²) in [7, 11) is 4.23. The third kappa shape index (κ3) is 2.59. The zero-order chi connectivity index (χ0) is 13.2. The van der Waals surface area contributed by atoms with Crippen LogP contribution in [0.25, 0.3) is 0 Å². The molecule has 0 aliphatic heterocycles. The van der Waals surface area contributed by atoms with Crippen LogP contribution in [0.1, 0.15) is 43.5 Å². The molecule has 1 aliphatic carbocycles. The maximum atomic E-state index is 6.07. The van der Waals surface area contributed by atoms with Crippen molar-refractivity contribution in [2.24, 2.45) is 12.8 Å². The van der Waals surface area contributed by atoms with Crippen molar-refractivity contribution >= 4 is 0 Å². The first-order valence-corrected chi connectivity index (χ1v) is 6.98. The maximum absolute atomic E-state index is 6.07. The average molecular weight is 250 g/mol. The molecule has 0 atom stereocenters. The molecule has 0 bridgehead atoms. The van der Waals surface area contributed by atoms with E-state index in [0.717, 1.165) is 18.8 Å². The minimum atomic E-state index is 0.205. The second-order valence-corrected chi connectivity index (χ2v) is 5.75. The van der Waals surface area contributed by atoms with Gasteiger partial charge in [0.1, 0.15) is 0 Å². The molecule has 1 aromatic rings. The highest BCUT2D eigenvalue weighted by Crippen LogP contribution is 2.32. The molecular weight excluding hydrogens is 224 g/mol. The van der Waals surface area contributed by atoms with Gasteiger partial charge in [0.15, 0.2) is 0 Å². The first-order valence-electron chi connectivity index (χ1n) is 6.98. The molecule has 1 heterocycles. The minimum absolute atomic E-state index is 0.205. The lowest BCUT2D eigenvalue weighted by Crippen LogP contribution is -2.53. The average Bonchev–Trinajstić information content (AvgIpc) is 2.68. The monoisotopic (exact) mass is 250 g/mol. The van der Waals surface area contributed by atoms with Crippen LogP contribution in [0, 0.1) is 6.92 Å². The summed E-state index contributed by atoms with van der Waals surface area (Å²) in [5.74, 6) is 0. The fourth-order valence-electron chi connectivity index (χ4n) is 3.17. The van der Waals surface area contributed by atoms with Gasteiger partial charge in [-0.3, -0.25) is 9.58 Å². The number of hydrogen-bond acceptors (Lipinski definition) is 3. The highest BCUT2D eigenvalue weighted by atomic mass is 15.3. The summed E-state index contributed by atoms with van der Waals surface area (Å²) in [5, 5.41) is 4.42. The molecule has 0 aromatic carbocycles. The number of nitrogens with two attached hydrogens (primary N) is 1. The van der Waals surface area contributed by atoms with Crippen molar-refractivity contribution in [2.45, 2.75) is 51.1 Å². The van der Waals surface area contributed by atoms with E-state index in [9.17, 15) is 0 Å². The molecule has 2 rings (SSSR count). The van der Waals surface area contributed by atoms with Crippen molar-refractivity contribution in [3.63, 3.8) is 0 Å². The Labute approximate surface area is 110 Å². The number of hydrogen-bond donors (Lipinski definition) is 1. The first kappa shape index (κ1) is 13.6. The van der Waals surface area contributed by atoms with Crippen molar-refractivity contribution < 1.29 is 0 Å². The van der Waals surface area contributed by atoms with Crippen LogP contribution in [-0.2, 0) is 13.6 Å². The standard InChI is InChI=1S/C14H26N4/c1-12-9-13(18(3)16-12)10-17(2)14(11-15)7-5-4-6-8-14/h9H,4-8,10-11,15H2,1-3H3. The molecule has 0 radical (unpaired) electrons. The van der Waals surface area contributed by atoms with Gasteiger partial charge in [-0.25, -0.2) is 0 Å². The van der Waals surface area contributed by atoms with E-state index in [4.69, 9.17) is 5.73 Å². The normalized spacial score (nSPS) is 19.4. The molecule has 1 aliphatic rings. The molecule has 0 unspecified atom stereocenters. The summed E-state index contributed by atoms with van der Waals surface area (Å²) in [4.78, 5) is 2.45. The van der Waals surface area contributed by atoms with E-state index in [1.807, 2.05) is 18.7 Å². The van der Waals surface area contributed by atoms with E-state index in [-0.39, 0.29) is 5.54 Å². The number of aryl methyl sites for hydroxylation is 2. The Morgan fingerprint density at radius 1 is 1.39 bits per heavy atom. The highest BCUT2D eigenvalue weighted by molar-refractivity contribution is 5.09. The summed E-state index contributed by atoms with van der Waals surface area (Å²) in [6, 6.07) is 2.17. The van der Waals surface area contributed by atoms with Gasteiger partial charge >= 0.3 is 0 Å². The van der Waals surface area contributed by atoms with Gasteiger partial charge in [-0.1, -0.05) is 19.3 Å². The Balaban J connectivity index is 2.10. The van der Waals surface area contributed by atoms with Crippen molar-refractivity contribution in [3.05, 3.63) is 17.5 Å². The predicted octanol–water partition coefficient (Wildman–Crippen LogP) is 1.82. The van der Waals surface area contributed by atoms with E-state index >= 15 is 0 Å². The number of aromatic nitrogens is 2. The maximum Gasteiger partial charge on any atom is 0.0597 e. The van der Waals surface area contributed by atoms with Gasteiger partial charge in [0.05, 0.1) is 11.4 Å². The zero-order valence-corrected chi connectivity index (χ0v) is 11.9. The fourth-order valence-corrected chi connectivity index (χ4v) is 3.17. The van der Waals surface area contributed by atoms with Crippen LogP contribution >= 0.6 is 0 Å². The summed E-state index contributed by atoms with van der Waals surface area (Å²) >= 11 is 0. The van der Waals surface area contributed by atoms with Crippen LogP contribution in [0.2, 0.25) is 0 Å². The van der Waals surface area contributed by atoms with E-state index in [0.29, 0.717) is 0 Å². The molecule has 1 saturated carbocycles. The van der Waals surface area contributed by atoms with Gasteiger partial charge < -0.3 is 5.73 Å². The number of likely N-dealkylation sites (N-methyl/N-ethyl adjacent to an activating group) is 1. The van der Waals surface area contributed by atoms with Crippen molar-refractivity contribution in [1.82, 2.24) is 14.7 Å². The smallest absolute Gasteiger partial charge is 0.0597 e. The van der Waals surface area contributed by atoms with Crippen LogP contribution in [0.5, 0.6) is 0 Å². The van der Waals surface area contributed by atoms with E-state index in [2.05, 4.69) is 23.1 Å². The topological polar surface area (TPSA) is 47.1 Å². The largest absolute Gasteiger partial charge is 0.329 e. The van der Waals surface area contributed by atoms with Crippen molar-refractivity contribution in [3.8, 4) is 0 Å². The van der Waals surface area contributed by atoms with Crippen LogP contribution in [-0.4, -0.2) is 33.8 Å². The van der Waals surface area contributed by atoms with Crippen molar-refractivity contribution in [2.75, 3.05) is 13.6 Å². The Kier molecular flexibility index (Phi) is 4.07. The molecule has 0 amide bonds. The molecule has 1 aromatic heterocycles. The minimum Gasteiger partial charge on any atom is -0.329 e. The van der Waals surface area contributed by atoms with E-state index in [1.165, 1.54) is 37.8 Å². The quantitative estimate of drug-likeness (QED) is 0.886. The van der Waals surface area contributed by atoms with Crippen LogP contribution in [0.15, 0.2) is 6.07 Å². The Hall–Kier alpha value is -0.870. The molecule has 18 heavy (non-hydrogen) atoms. The Bertz CT molecular complexity index is 390. The van der Waals surface area contributed by atoms with Crippen LogP contribution < -0.4 is 5.73 Å². The second kappa shape index (κ2) is 5.41. The summed E-state index contributed by atoms with van der Waals surface area (Å²) in [6.45, 7) is 3.75. The molecule has 4 nitrogen and oxygen atoms in total. The number of nitrogens with zero attached hydrogens (tertiary/aromatic N) is 3. The molecule has 2 N–H and O–H groups in total. The first-order chi connectivity index (χ1) is 8.57. The van der Waals surface area contributed by atoms with Gasteiger partial charge in [-0.15, -0.1) is 0 Å². The zero-order valence-electron chi connectivity index (χ0n) is 11.9. The van der Waals surface area contributed by atoms with Gasteiger partial charge in [-0.05, 0) is 32.9 Å². The molecule has 102 valence electrons. The molecule has 1 fully saturated rings. The summed E-state index contributed by atoms with van der Waals surface area (Å²) < 4.78 is 1.98. The fraction of sp³-hybridized carbons (Fsp3) is 0.786. The third-order valence-corrected chi connectivity index (χ3v) is 4.47. The van der Waals surface area contributed by atoms with Crippen molar-refractivity contribution in [1.29, 1.82) is 0 Å². The summed E-state index contributed by atoms with van der Waals surface area (Å²) in [5.41, 5.74) is 8.64. The van der Waals surface area contributed by atoms with E-state index in [1.54, 1.807) is 0 Å². The van der Waals surface area contributed by atoms with E-state index < -0.39 is 0 Å². The summed E-state index contributed by atoms with van der Waals surface area (Å²) in [6.07, 6.45) is 6.45. The highest BCUT2D eigenvalue weighted by Gasteiger charge is 2.34. The van der Waals surface area contributed by atoms with Gasteiger partial charge in [0.25, 0.3) is 0 Å². The number of rotatable bonds is 4. The molecule has 4 heteroatoms.